The number of aromatic nitrogens is 2. The number of likely N-dealkylation sites (tertiary alicyclic amines) is 2. The van der Waals surface area contributed by atoms with Crippen LogP contribution in [0, 0.1) is 11.8 Å². The van der Waals surface area contributed by atoms with Gasteiger partial charge in [0.15, 0.2) is 9.84 Å². The lowest BCUT2D eigenvalue weighted by Crippen LogP contribution is -2.53. The monoisotopic (exact) mass is 918 g/mol. The zero-order valence-corrected chi connectivity index (χ0v) is 39.6. The molecule has 10 nitrogen and oxygen atoms in total. The molecule has 0 radical (unpaired) electrons. The van der Waals surface area contributed by atoms with Crippen LogP contribution in [0.1, 0.15) is 45.2 Å². The topological polar surface area (TPSA) is 125 Å². The molecule has 2 saturated heterocycles. The maximum atomic E-state index is 13.0. The smallest absolute Gasteiger partial charge is 0.225 e. The predicted molar refractivity (Wildman–Crippen MR) is 257 cm³/mol. The number of carbonyl (C=O) groups excluding carboxylic acids is 2. The molecule has 2 fully saturated rings. The van der Waals surface area contributed by atoms with E-state index in [2.05, 4.69) is 112 Å². The van der Waals surface area contributed by atoms with Crippen LogP contribution in [0.25, 0.3) is 42.0 Å². The van der Waals surface area contributed by atoms with E-state index >= 15 is 0 Å². The van der Waals surface area contributed by atoms with Gasteiger partial charge in [-0.15, -0.1) is 34.4 Å². The van der Waals surface area contributed by atoms with Crippen LogP contribution in [0.15, 0.2) is 119 Å². The minimum absolute atomic E-state index is 0.00775. The van der Waals surface area contributed by atoms with Crippen LogP contribution in [-0.4, -0.2) is 89.8 Å². The first-order chi connectivity index (χ1) is 30.2. The van der Waals surface area contributed by atoms with Crippen molar-refractivity contribution in [1.82, 2.24) is 30.4 Å². The second kappa shape index (κ2) is 19.2. The first kappa shape index (κ1) is 44.9. The SMILES string of the molecule is CNC(=O)C1CN(Cc2ccc(-c3ncc(-c4ccc(SC(C)(C)CCNC(=O)C5CN(Cc6ccc(-c7ncc(-c8ccc(S(=O)(=O)C(C)C)cc8)s7)cc6)C5)cc4)s3)cc2)C1. The van der Waals surface area contributed by atoms with Crippen molar-refractivity contribution >= 4 is 56.1 Å². The van der Waals surface area contributed by atoms with Gasteiger partial charge in [-0.2, -0.15) is 0 Å². The highest BCUT2D eigenvalue weighted by atomic mass is 32.2. The van der Waals surface area contributed by atoms with Crippen LogP contribution in [-0.2, 0) is 32.5 Å². The summed E-state index contributed by atoms with van der Waals surface area (Å²) in [6.07, 6.45) is 4.65. The zero-order valence-electron chi connectivity index (χ0n) is 36.3. The third-order valence-electron chi connectivity index (χ3n) is 11.8. The third-order valence-corrected chi connectivity index (χ3v) is 17.4. The number of hydrogen-bond acceptors (Lipinski definition) is 11. The predicted octanol–water partition coefficient (Wildman–Crippen LogP) is 9.14. The van der Waals surface area contributed by atoms with Gasteiger partial charge in [0.25, 0.3) is 0 Å². The van der Waals surface area contributed by atoms with Crippen molar-refractivity contribution in [1.29, 1.82) is 0 Å². The van der Waals surface area contributed by atoms with Gasteiger partial charge in [0, 0.05) is 86.0 Å². The van der Waals surface area contributed by atoms with Crippen molar-refractivity contribution < 1.29 is 18.0 Å². The van der Waals surface area contributed by atoms with E-state index in [-0.39, 0.29) is 28.4 Å². The Morgan fingerprint density at radius 1 is 0.698 bits per heavy atom. The number of thioether (sulfide) groups is 1. The van der Waals surface area contributed by atoms with Gasteiger partial charge in [-0.1, -0.05) is 86.6 Å². The van der Waals surface area contributed by atoms with E-state index in [0.29, 0.717) is 11.4 Å². The van der Waals surface area contributed by atoms with Gasteiger partial charge in [-0.05, 0) is 66.8 Å². The normalized spacial score (nSPS) is 15.3. The molecule has 14 heteroatoms. The van der Waals surface area contributed by atoms with E-state index in [1.807, 2.05) is 36.3 Å². The number of amides is 2. The first-order valence-electron chi connectivity index (χ1n) is 21.4. The van der Waals surface area contributed by atoms with E-state index in [0.717, 1.165) is 87.7 Å². The molecule has 2 amide bonds. The standard InChI is InChI=1S/C49H54N6O4S4/c1-32(2)63(58,59)42-20-16-36(17-21-42)44-25-53-48(61-44)38-12-8-34(9-13-38)27-55-30-40(31-55)46(57)51-23-22-49(3,4)62-41-18-14-35(15-19-41)43-24-52-47(60-43)37-10-6-33(7-11-37)26-54-28-39(29-54)45(56)50-5/h6-21,24-25,32,39-40H,22-23,26-31H2,1-5H3,(H,50,56)(H,51,57). The summed E-state index contributed by atoms with van der Waals surface area (Å²) in [5, 5.41) is 7.39. The van der Waals surface area contributed by atoms with E-state index < -0.39 is 15.1 Å². The molecule has 2 N–H and O–H groups in total. The van der Waals surface area contributed by atoms with Crippen LogP contribution in [0.5, 0.6) is 0 Å². The average molecular weight is 919 g/mol. The summed E-state index contributed by atoms with van der Waals surface area (Å²) in [5.41, 5.74) is 6.66. The zero-order chi connectivity index (χ0) is 44.3. The highest BCUT2D eigenvalue weighted by Gasteiger charge is 2.33. The summed E-state index contributed by atoms with van der Waals surface area (Å²) in [6.45, 7) is 13.2. The summed E-state index contributed by atoms with van der Waals surface area (Å²) >= 11 is 5.11. The van der Waals surface area contributed by atoms with Gasteiger partial charge in [0.1, 0.15) is 10.0 Å². The average Bonchev–Trinajstić information content (AvgIpc) is 3.95. The number of sulfone groups is 1. The van der Waals surface area contributed by atoms with Gasteiger partial charge in [0.2, 0.25) is 11.8 Å². The molecule has 0 aliphatic carbocycles. The third kappa shape index (κ3) is 10.8. The fraction of sp³-hybridized carbons (Fsp3) is 0.347. The first-order valence-corrected chi connectivity index (χ1v) is 25.4. The molecule has 4 heterocycles. The maximum Gasteiger partial charge on any atom is 0.225 e. The van der Waals surface area contributed by atoms with E-state index in [4.69, 9.17) is 4.98 Å². The van der Waals surface area contributed by atoms with Gasteiger partial charge >= 0.3 is 0 Å². The number of thiazole rings is 2. The quantitative estimate of drug-likeness (QED) is 0.0863. The highest BCUT2D eigenvalue weighted by molar-refractivity contribution is 8.00. The summed E-state index contributed by atoms with van der Waals surface area (Å²) in [7, 11) is -1.61. The Kier molecular flexibility index (Phi) is 13.7. The Labute approximate surface area is 383 Å². The molecule has 0 bridgehead atoms. The fourth-order valence-corrected chi connectivity index (χ4v) is 11.8. The molecule has 0 atom stereocenters. The molecule has 4 aromatic carbocycles. The molecule has 2 aromatic heterocycles. The Bertz CT molecular complexity index is 2630. The van der Waals surface area contributed by atoms with Crippen LogP contribution >= 0.6 is 34.4 Å². The van der Waals surface area contributed by atoms with Crippen molar-refractivity contribution in [3.63, 3.8) is 0 Å². The van der Waals surface area contributed by atoms with Crippen LogP contribution < -0.4 is 10.6 Å². The summed E-state index contributed by atoms with van der Waals surface area (Å²) < 4.78 is 25.0. The van der Waals surface area contributed by atoms with E-state index in [1.54, 1.807) is 55.7 Å². The van der Waals surface area contributed by atoms with Gasteiger partial charge < -0.3 is 10.6 Å². The summed E-state index contributed by atoms with van der Waals surface area (Å²) in [5.74, 6) is 0.368. The molecule has 8 rings (SSSR count). The van der Waals surface area contributed by atoms with Gasteiger partial charge in [0.05, 0.1) is 31.7 Å². The number of nitrogens with one attached hydrogen (secondary N) is 2. The Morgan fingerprint density at radius 2 is 1.14 bits per heavy atom. The minimum atomic E-state index is -3.31. The molecule has 328 valence electrons. The van der Waals surface area contributed by atoms with Crippen LogP contribution in [0.3, 0.4) is 0 Å². The van der Waals surface area contributed by atoms with Crippen LogP contribution in [0.2, 0.25) is 0 Å². The Morgan fingerprint density at radius 3 is 1.60 bits per heavy atom. The molecular weight excluding hydrogens is 865 g/mol. The number of rotatable bonds is 17. The molecule has 2 aliphatic rings. The molecule has 0 spiro atoms. The fourth-order valence-electron chi connectivity index (χ4n) is 7.81. The molecule has 2 aliphatic heterocycles. The van der Waals surface area contributed by atoms with E-state index in [9.17, 15) is 18.0 Å². The Hall–Kier alpha value is -4.70. The summed E-state index contributed by atoms with van der Waals surface area (Å²) in [6, 6.07) is 32.8. The highest BCUT2D eigenvalue weighted by Crippen LogP contribution is 2.38. The molecule has 0 unspecified atom stereocenters. The number of carbonyl (C=O) groups is 2. The maximum absolute atomic E-state index is 13.0. The van der Waals surface area contributed by atoms with Gasteiger partial charge in [-0.3, -0.25) is 19.4 Å². The van der Waals surface area contributed by atoms with Crippen LogP contribution in [0.4, 0.5) is 0 Å². The van der Waals surface area contributed by atoms with Crippen molar-refractivity contribution in [2.75, 3.05) is 39.8 Å². The lowest BCUT2D eigenvalue weighted by atomic mass is 9.98. The summed E-state index contributed by atoms with van der Waals surface area (Å²) in [4.78, 5) is 42.5. The van der Waals surface area contributed by atoms with Crippen molar-refractivity contribution in [3.05, 3.63) is 121 Å². The van der Waals surface area contributed by atoms with Crippen molar-refractivity contribution in [2.45, 2.75) is 67.0 Å². The van der Waals surface area contributed by atoms with Crippen molar-refractivity contribution in [3.8, 4) is 42.0 Å². The molecular formula is C49H54N6O4S4. The largest absolute Gasteiger partial charge is 0.359 e. The number of benzene rings is 4. The molecule has 0 saturated carbocycles. The molecule has 63 heavy (non-hydrogen) atoms. The lowest BCUT2D eigenvalue weighted by molar-refractivity contribution is -0.131. The molecule has 6 aromatic rings. The number of hydrogen-bond donors (Lipinski definition) is 2. The van der Waals surface area contributed by atoms with E-state index in [1.165, 1.54) is 16.0 Å². The van der Waals surface area contributed by atoms with Gasteiger partial charge in [-0.25, -0.2) is 18.4 Å². The number of nitrogens with zero attached hydrogens (tertiary/aromatic N) is 4. The second-order valence-electron chi connectivity index (χ2n) is 17.4. The second-order valence-corrected chi connectivity index (χ2v) is 23.7. The van der Waals surface area contributed by atoms with Crippen molar-refractivity contribution in [2.24, 2.45) is 11.8 Å². The Balaban J connectivity index is 0.739. The lowest BCUT2D eigenvalue weighted by Gasteiger charge is -2.38. The minimum Gasteiger partial charge on any atom is -0.359 e.